The molecule has 0 aliphatic rings. The molecule has 1 rings (SSSR count). The Morgan fingerprint density at radius 3 is 2.47 bits per heavy atom. The van der Waals surface area contributed by atoms with Gasteiger partial charge in [0.1, 0.15) is 6.04 Å². The lowest BCUT2D eigenvalue weighted by molar-refractivity contribution is -0.143. The van der Waals surface area contributed by atoms with Crippen LogP contribution < -0.4 is 5.32 Å². The summed E-state index contributed by atoms with van der Waals surface area (Å²) in [5, 5.41) is 3.16. The highest BCUT2D eigenvalue weighted by molar-refractivity contribution is 5.80. The van der Waals surface area contributed by atoms with Gasteiger partial charge in [0, 0.05) is 5.69 Å². The molecule has 0 saturated heterocycles. The molecule has 1 N–H and O–H groups in total. The summed E-state index contributed by atoms with van der Waals surface area (Å²) in [5.74, 6) is -0.266. The summed E-state index contributed by atoms with van der Waals surface area (Å²) in [7, 11) is 1.40. The van der Waals surface area contributed by atoms with Gasteiger partial charge < -0.3 is 10.1 Å². The predicted molar refractivity (Wildman–Crippen MR) is 67.9 cm³/mol. The number of anilines is 1. The Hall–Kier alpha value is -1.58. The minimum atomic E-state index is -0.392. The Morgan fingerprint density at radius 2 is 2.06 bits per heavy atom. The van der Waals surface area contributed by atoms with Gasteiger partial charge in [0.25, 0.3) is 0 Å². The minimum absolute atomic E-state index is 0.224. The number of hydrogen-bond donors (Lipinski definition) is 1. The fourth-order valence-electron chi connectivity index (χ4n) is 1.47. The quantitative estimate of drug-likeness (QED) is 0.819. The van der Waals surface area contributed by atoms with Crippen LogP contribution in [0.4, 0.5) is 5.69 Å². The number of methoxy groups -OCH3 is 1. The highest BCUT2D eigenvalue weighted by Crippen LogP contribution is 2.24. The minimum Gasteiger partial charge on any atom is -0.467 e. The number of aryl methyl sites for hydroxylation is 1. The number of aromatic nitrogens is 1. The van der Waals surface area contributed by atoms with E-state index >= 15 is 0 Å². The van der Waals surface area contributed by atoms with Crippen LogP contribution in [0.3, 0.4) is 0 Å². The van der Waals surface area contributed by atoms with Crippen LogP contribution >= 0.6 is 0 Å². The van der Waals surface area contributed by atoms with Crippen LogP contribution in [0.25, 0.3) is 0 Å². The molecular formula is C13H20N2O2. The summed E-state index contributed by atoms with van der Waals surface area (Å²) in [5.41, 5.74) is 1.54. The van der Waals surface area contributed by atoms with Crippen LogP contribution in [-0.4, -0.2) is 24.1 Å². The Morgan fingerprint density at radius 1 is 1.41 bits per heavy atom. The molecule has 1 aromatic rings. The van der Waals surface area contributed by atoms with E-state index in [0.717, 1.165) is 11.4 Å². The normalized spacial score (nSPS) is 13.0. The Balaban J connectivity index is 2.87. The summed E-state index contributed by atoms with van der Waals surface area (Å²) in [6.45, 7) is 7.89. The molecule has 17 heavy (non-hydrogen) atoms. The summed E-state index contributed by atoms with van der Waals surface area (Å²) in [6, 6.07) is 3.42. The van der Waals surface area contributed by atoms with Crippen LogP contribution in [0.5, 0.6) is 0 Å². The molecule has 0 spiro atoms. The van der Waals surface area contributed by atoms with E-state index in [9.17, 15) is 4.79 Å². The van der Waals surface area contributed by atoms with Gasteiger partial charge in [-0.1, -0.05) is 20.8 Å². The van der Waals surface area contributed by atoms with E-state index in [0.29, 0.717) is 0 Å². The topological polar surface area (TPSA) is 51.2 Å². The van der Waals surface area contributed by atoms with Crippen molar-refractivity contribution in [2.75, 3.05) is 12.4 Å². The number of esters is 1. The Labute approximate surface area is 102 Å². The first kappa shape index (κ1) is 13.5. The average molecular weight is 236 g/mol. The maximum absolute atomic E-state index is 11.7. The lowest BCUT2D eigenvalue weighted by Gasteiger charge is -2.29. The largest absolute Gasteiger partial charge is 0.467 e. The third-order valence-electron chi connectivity index (χ3n) is 2.53. The summed E-state index contributed by atoms with van der Waals surface area (Å²) in [4.78, 5) is 15.9. The smallest absolute Gasteiger partial charge is 0.328 e. The van der Waals surface area contributed by atoms with Gasteiger partial charge in [-0.05, 0) is 24.5 Å². The molecule has 0 aliphatic heterocycles. The van der Waals surface area contributed by atoms with Crippen molar-refractivity contribution in [2.45, 2.75) is 33.7 Å². The second-order valence-corrected chi connectivity index (χ2v) is 5.15. The molecular weight excluding hydrogens is 216 g/mol. The van der Waals surface area contributed by atoms with Crippen molar-refractivity contribution in [1.82, 2.24) is 4.98 Å². The van der Waals surface area contributed by atoms with Crippen LogP contribution in [0.1, 0.15) is 26.5 Å². The summed E-state index contributed by atoms with van der Waals surface area (Å²) >= 11 is 0. The Kier molecular flexibility index (Phi) is 4.10. The standard InChI is InChI=1S/C13H20N2O2/c1-9-6-7-10(8-14-9)15-11(12(16)17-5)13(2,3)4/h6-8,11,15H,1-5H3/t11-/m1/s1. The second-order valence-electron chi connectivity index (χ2n) is 5.15. The van der Waals surface area contributed by atoms with Crippen molar-refractivity contribution in [2.24, 2.45) is 5.41 Å². The van der Waals surface area contributed by atoms with Crippen LogP contribution in [0, 0.1) is 12.3 Å². The van der Waals surface area contributed by atoms with Gasteiger partial charge in [0.2, 0.25) is 0 Å². The SMILES string of the molecule is COC(=O)[C@@H](Nc1ccc(C)nc1)C(C)(C)C. The predicted octanol–water partition coefficient (Wildman–Crippen LogP) is 2.39. The number of pyridine rings is 1. The summed E-state index contributed by atoms with van der Waals surface area (Å²) < 4.78 is 4.81. The second kappa shape index (κ2) is 5.17. The van der Waals surface area contributed by atoms with E-state index in [4.69, 9.17) is 4.74 Å². The number of carbonyl (C=O) groups is 1. The molecule has 94 valence electrons. The first-order valence-electron chi connectivity index (χ1n) is 5.61. The van der Waals surface area contributed by atoms with E-state index in [-0.39, 0.29) is 11.4 Å². The molecule has 0 amide bonds. The molecule has 0 unspecified atom stereocenters. The third kappa shape index (κ3) is 3.73. The maximum atomic E-state index is 11.7. The number of nitrogens with zero attached hydrogens (tertiary/aromatic N) is 1. The van der Waals surface area contributed by atoms with Crippen molar-refractivity contribution in [3.05, 3.63) is 24.0 Å². The number of carbonyl (C=O) groups excluding carboxylic acids is 1. The molecule has 4 heteroatoms. The molecule has 0 saturated carbocycles. The molecule has 1 atom stereocenters. The monoisotopic (exact) mass is 236 g/mol. The van der Waals surface area contributed by atoms with Gasteiger partial charge in [-0.2, -0.15) is 0 Å². The maximum Gasteiger partial charge on any atom is 0.328 e. The Bertz CT molecular complexity index is 379. The van der Waals surface area contributed by atoms with Crippen LogP contribution in [0.15, 0.2) is 18.3 Å². The molecule has 1 aromatic heterocycles. The lowest BCUT2D eigenvalue weighted by Crippen LogP contribution is -2.41. The van der Waals surface area contributed by atoms with E-state index in [2.05, 4.69) is 10.3 Å². The molecule has 0 fully saturated rings. The lowest BCUT2D eigenvalue weighted by atomic mass is 9.86. The molecule has 4 nitrogen and oxygen atoms in total. The van der Waals surface area contributed by atoms with Gasteiger partial charge in [-0.15, -0.1) is 0 Å². The van der Waals surface area contributed by atoms with E-state index in [1.165, 1.54) is 7.11 Å². The molecule has 1 heterocycles. The first-order chi connectivity index (χ1) is 7.84. The van der Waals surface area contributed by atoms with Gasteiger partial charge >= 0.3 is 5.97 Å². The molecule has 0 bridgehead atoms. The zero-order valence-corrected chi connectivity index (χ0v) is 11.1. The average Bonchev–Trinajstić information content (AvgIpc) is 2.25. The van der Waals surface area contributed by atoms with E-state index < -0.39 is 6.04 Å². The van der Waals surface area contributed by atoms with E-state index in [1.807, 2.05) is 39.8 Å². The van der Waals surface area contributed by atoms with Gasteiger partial charge in [0.05, 0.1) is 19.0 Å². The number of nitrogens with one attached hydrogen (secondary N) is 1. The van der Waals surface area contributed by atoms with Gasteiger partial charge in [-0.3, -0.25) is 4.98 Å². The van der Waals surface area contributed by atoms with Crippen molar-refractivity contribution in [3.8, 4) is 0 Å². The highest BCUT2D eigenvalue weighted by atomic mass is 16.5. The van der Waals surface area contributed by atoms with Crippen LogP contribution in [-0.2, 0) is 9.53 Å². The highest BCUT2D eigenvalue weighted by Gasteiger charge is 2.32. The van der Waals surface area contributed by atoms with Crippen molar-refractivity contribution in [1.29, 1.82) is 0 Å². The van der Waals surface area contributed by atoms with Gasteiger partial charge in [0.15, 0.2) is 0 Å². The fourth-order valence-corrected chi connectivity index (χ4v) is 1.47. The fraction of sp³-hybridized carbons (Fsp3) is 0.538. The van der Waals surface area contributed by atoms with E-state index in [1.54, 1.807) is 6.20 Å². The molecule has 0 aromatic carbocycles. The number of hydrogen-bond acceptors (Lipinski definition) is 4. The molecule has 0 aliphatic carbocycles. The van der Waals surface area contributed by atoms with Crippen LogP contribution in [0.2, 0.25) is 0 Å². The van der Waals surface area contributed by atoms with Crippen molar-refractivity contribution < 1.29 is 9.53 Å². The third-order valence-corrected chi connectivity index (χ3v) is 2.53. The number of rotatable bonds is 3. The van der Waals surface area contributed by atoms with Crippen molar-refractivity contribution in [3.63, 3.8) is 0 Å². The zero-order chi connectivity index (χ0) is 13.1. The molecule has 0 radical (unpaired) electrons. The first-order valence-corrected chi connectivity index (χ1v) is 5.61. The van der Waals surface area contributed by atoms with Crippen molar-refractivity contribution >= 4 is 11.7 Å². The van der Waals surface area contributed by atoms with Gasteiger partial charge in [-0.25, -0.2) is 4.79 Å². The zero-order valence-electron chi connectivity index (χ0n) is 11.1. The number of ether oxygens (including phenoxy) is 1. The summed E-state index contributed by atoms with van der Waals surface area (Å²) in [6.07, 6.45) is 1.72.